The van der Waals surface area contributed by atoms with Crippen LogP contribution >= 0.6 is 0 Å². The van der Waals surface area contributed by atoms with Crippen molar-refractivity contribution in [3.8, 4) is 22.5 Å². The highest BCUT2D eigenvalue weighted by atomic mass is 16.3. The van der Waals surface area contributed by atoms with Crippen LogP contribution in [-0.2, 0) is 0 Å². The molecule has 0 amide bonds. The Balaban J connectivity index is 1.18. The molecule has 8 aromatic carbocycles. The van der Waals surface area contributed by atoms with Crippen LogP contribution in [0.5, 0.6) is 0 Å². The summed E-state index contributed by atoms with van der Waals surface area (Å²) in [6.07, 6.45) is 0. The molecule has 0 N–H and O–H groups in total. The first-order valence-corrected chi connectivity index (χ1v) is 16.8. The van der Waals surface area contributed by atoms with Crippen molar-refractivity contribution < 1.29 is 4.42 Å². The normalized spacial score (nSPS) is 12.1. The Morgan fingerprint density at radius 2 is 1.00 bits per heavy atom. The van der Waals surface area contributed by atoms with Gasteiger partial charge >= 0.3 is 0 Å². The van der Waals surface area contributed by atoms with Crippen molar-refractivity contribution in [3.05, 3.63) is 170 Å². The van der Waals surface area contributed by atoms with Gasteiger partial charge in [-0.2, -0.15) is 0 Å². The summed E-state index contributed by atoms with van der Waals surface area (Å²) in [7, 11) is 0. The molecule has 3 heteroatoms. The molecule has 0 saturated carbocycles. The molecule has 0 spiro atoms. The molecule has 0 unspecified atom stereocenters. The summed E-state index contributed by atoms with van der Waals surface area (Å²) in [5, 5.41) is 9.75. The van der Waals surface area contributed by atoms with Crippen LogP contribution in [0.25, 0.3) is 98.8 Å². The van der Waals surface area contributed by atoms with E-state index in [2.05, 4.69) is 167 Å². The van der Waals surface area contributed by atoms with Crippen LogP contribution in [0.3, 0.4) is 0 Å². The van der Waals surface area contributed by atoms with Crippen LogP contribution in [0.4, 0.5) is 0 Å². The van der Waals surface area contributed by atoms with Gasteiger partial charge in [0.2, 0.25) is 0 Å². The molecular formula is C46H28N2O. The highest BCUT2D eigenvalue weighted by Crippen LogP contribution is 2.43. The third-order valence-corrected chi connectivity index (χ3v) is 10.3. The zero-order valence-electron chi connectivity index (χ0n) is 26.5. The van der Waals surface area contributed by atoms with Crippen molar-refractivity contribution in [1.82, 2.24) is 9.13 Å². The van der Waals surface area contributed by atoms with E-state index in [1.807, 2.05) is 12.1 Å². The quantitative estimate of drug-likeness (QED) is 0.192. The van der Waals surface area contributed by atoms with Crippen molar-refractivity contribution >= 4 is 76.3 Å². The average Bonchev–Trinajstić information content (AvgIpc) is 3.82. The molecule has 3 aromatic heterocycles. The average molecular weight is 625 g/mol. The maximum absolute atomic E-state index is 6.38. The number of nitrogens with zero attached hydrogens (tertiary/aromatic N) is 2. The summed E-state index contributed by atoms with van der Waals surface area (Å²) in [6.45, 7) is 0. The number of aromatic nitrogens is 2. The molecule has 0 aliphatic heterocycles. The van der Waals surface area contributed by atoms with Gasteiger partial charge < -0.3 is 13.6 Å². The predicted octanol–water partition coefficient (Wildman–Crippen LogP) is 12.6. The van der Waals surface area contributed by atoms with Crippen molar-refractivity contribution in [2.75, 3.05) is 0 Å². The van der Waals surface area contributed by atoms with Crippen molar-refractivity contribution in [2.24, 2.45) is 0 Å². The van der Waals surface area contributed by atoms with Gasteiger partial charge in [0.05, 0.1) is 22.1 Å². The molecule has 0 atom stereocenters. The lowest BCUT2D eigenvalue weighted by Gasteiger charge is -2.11. The Bertz CT molecular complexity index is 3090. The first-order chi connectivity index (χ1) is 24.3. The highest BCUT2D eigenvalue weighted by Gasteiger charge is 2.21. The van der Waals surface area contributed by atoms with E-state index in [0.717, 1.165) is 33.3 Å². The van der Waals surface area contributed by atoms with Crippen molar-refractivity contribution in [3.63, 3.8) is 0 Å². The zero-order valence-corrected chi connectivity index (χ0v) is 26.5. The van der Waals surface area contributed by atoms with E-state index in [9.17, 15) is 0 Å². The molecule has 49 heavy (non-hydrogen) atoms. The van der Waals surface area contributed by atoms with Crippen LogP contribution in [0.1, 0.15) is 0 Å². The van der Waals surface area contributed by atoms with E-state index in [-0.39, 0.29) is 0 Å². The Morgan fingerprint density at radius 1 is 0.367 bits per heavy atom. The highest BCUT2D eigenvalue weighted by molar-refractivity contribution is 6.26. The summed E-state index contributed by atoms with van der Waals surface area (Å²) in [5.74, 6) is 0. The SMILES string of the molecule is c1ccc2c(-c3ccc(-n4c5ccccc5c5c4ccc4c6ccccc6n(-c6ccc7c(c6)oc6ccccc67)c45)cc3)cccc2c1. The van der Waals surface area contributed by atoms with Crippen molar-refractivity contribution in [1.29, 1.82) is 0 Å². The summed E-state index contributed by atoms with van der Waals surface area (Å²) >= 11 is 0. The second kappa shape index (κ2) is 9.96. The molecule has 0 aliphatic carbocycles. The fourth-order valence-corrected chi connectivity index (χ4v) is 8.18. The lowest BCUT2D eigenvalue weighted by molar-refractivity contribution is 0.668. The van der Waals surface area contributed by atoms with Gasteiger partial charge in [0.15, 0.2) is 0 Å². The molecule has 0 aliphatic rings. The topological polar surface area (TPSA) is 23.0 Å². The number of benzene rings is 8. The number of hydrogen-bond acceptors (Lipinski definition) is 1. The summed E-state index contributed by atoms with van der Waals surface area (Å²) in [6, 6.07) is 61.3. The van der Waals surface area contributed by atoms with Gasteiger partial charge in [-0.05, 0) is 70.4 Å². The van der Waals surface area contributed by atoms with E-state index < -0.39 is 0 Å². The Labute approximate surface area is 281 Å². The van der Waals surface area contributed by atoms with Gasteiger partial charge in [0.25, 0.3) is 0 Å². The maximum Gasteiger partial charge on any atom is 0.137 e. The molecule has 3 nitrogen and oxygen atoms in total. The van der Waals surface area contributed by atoms with Gasteiger partial charge in [-0.3, -0.25) is 0 Å². The minimum absolute atomic E-state index is 0.894. The zero-order chi connectivity index (χ0) is 32.1. The lowest BCUT2D eigenvalue weighted by atomic mass is 9.98. The molecular weight excluding hydrogens is 597 g/mol. The fraction of sp³-hybridized carbons (Fsp3) is 0. The first kappa shape index (κ1) is 26.5. The second-order valence-corrected chi connectivity index (χ2v) is 12.9. The number of hydrogen-bond donors (Lipinski definition) is 0. The van der Waals surface area contributed by atoms with Gasteiger partial charge in [-0.25, -0.2) is 0 Å². The van der Waals surface area contributed by atoms with Gasteiger partial charge in [0.1, 0.15) is 11.2 Å². The number of rotatable bonds is 3. The van der Waals surface area contributed by atoms with Crippen LogP contribution < -0.4 is 0 Å². The molecule has 11 rings (SSSR count). The smallest absolute Gasteiger partial charge is 0.137 e. The molecule has 0 saturated heterocycles. The third kappa shape index (κ3) is 3.73. The lowest BCUT2D eigenvalue weighted by Crippen LogP contribution is -1.95. The van der Waals surface area contributed by atoms with E-state index in [0.29, 0.717) is 0 Å². The first-order valence-electron chi connectivity index (χ1n) is 16.8. The van der Waals surface area contributed by atoms with Gasteiger partial charge in [0, 0.05) is 49.8 Å². The molecule has 0 fully saturated rings. The number of para-hydroxylation sites is 3. The van der Waals surface area contributed by atoms with E-state index in [1.165, 1.54) is 65.5 Å². The monoisotopic (exact) mass is 624 g/mol. The minimum atomic E-state index is 0.894. The van der Waals surface area contributed by atoms with Crippen molar-refractivity contribution in [2.45, 2.75) is 0 Å². The van der Waals surface area contributed by atoms with E-state index in [4.69, 9.17) is 4.42 Å². The van der Waals surface area contributed by atoms with Crippen LogP contribution in [-0.4, -0.2) is 9.13 Å². The largest absolute Gasteiger partial charge is 0.456 e. The molecule has 228 valence electrons. The van der Waals surface area contributed by atoms with E-state index in [1.54, 1.807) is 0 Å². The summed E-state index contributed by atoms with van der Waals surface area (Å²) in [5.41, 5.74) is 11.2. The van der Waals surface area contributed by atoms with E-state index >= 15 is 0 Å². The molecule has 3 heterocycles. The molecule has 0 radical (unpaired) electrons. The maximum atomic E-state index is 6.38. The van der Waals surface area contributed by atoms with Crippen LogP contribution in [0.2, 0.25) is 0 Å². The Hall–Kier alpha value is -6.58. The molecule has 11 aromatic rings. The number of fused-ring (bicyclic) bond motifs is 11. The van der Waals surface area contributed by atoms with Crippen LogP contribution in [0, 0.1) is 0 Å². The molecule has 0 bridgehead atoms. The standard InChI is InChI=1S/C46H28N2O/c1-2-12-33-29(10-1)11-9-16-34(33)30-20-22-31(23-21-30)47-41-18-7-4-15-39(41)45-42(47)27-26-38-35-13-3-6-17-40(35)48(46(38)45)32-24-25-37-36-14-5-8-19-43(36)49-44(37)28-32/h1-28H. The van der Waals surface area contributed by atoms with Gasteiger partial charge in [-0.1, -0.05) is 115 Å². The number of furan rings is 1. The summed E-state index contributed by atoms with van der Waals surface area (Å²) < 4.78 is 11.2. The predicted molar refractivity (Wildman–Crippen MR) is 205 cm³/mol. The Morgan fingerprint density at radius 3 is 1.86 bits per heavy atom. The minimum Gasteiger partial charge on any atom is -0.456 e. The Kier molecular flexibility index (Phi) is 5.38. The van der Waals surface area contributed by atoms with Crippen LogP contribution in [0.15, 0.2) is 174 Å². The fourth-order valence-electron chi connectivity index (χ4n) is 8.18. The van der Waals surface area contributed by atoms with Gasteiger partial charge in [-0.15, -0.1) is 0 Å². The second-order valence-electron chi connectivity index (χ2n) is 12.9. The summed E-state index contributed by atoms with van der Waals surface area (Å²) in [4.78, 5) is 0. The third-order valence-electron chi connectivity index (χ3n) is 10.3.